The lowest BCUT2D eigenvalue weighted by atomic mass is 9.83. The summed E-state index contributed by atoms with van der Waals surface area (Å²) in [6, 6.07) is 3.94. The molecule has 112 valence electrons. The normalized spacial score (nSPS) is 22.6. The maximum absolute atomic E-state index is 13.6. The van der Waals surface area contributed by atoms with Crippen molar-refractivity contribution in [1.29, 1.82) is 0 Å². The first kappa shape index (κ1) is 15.4. The van der Waals surface area contributed by atoms with Crippen molar-refractivity contribution < 1.29 is 12.8 Å². The monoisotopic (exact) mass is 300 g/mol. The van der Waals surface area contributed by atoms with Crippen LogP contribution in [0.5, 0.6) is 0 Å². The molecule has 6 heteroatoms. The van der Waals surface area contributed by atoms with Crippen LogP contribution in [0.2, 0.25) is 0 Å². The van der Waals surface area contributed by atoms with Gasteiger partial charge in [0.05, 0.1) is 4.90 Å². The lowest BCUT2D eigenvalue weighted by Gasteiger charge is -2.32. The summed E-state index contributed by atoms with van der Waals surface area (Å²) in [7, 11) is -3.55. The first-order valence-electron chi connectivity index (χ1n) is 6.94. The molecular weight excluding hydrogens is 279 g/mol. The molecule has 2 N–H and O–H groups in total. The second kappa shape index (κ2) is 6.20. The third kappa shape index (κ3) is 3.56. The molecule has 20 heavy (non-hydrogen) atoms. The number of halogens is 1. The molecule has 1 saturated carbocycles. The van der Waals surface area contributed by atoms with Gasteiger partial charge in [0.2, 0.25) is 10.0 Å². The molecule has 1 aromatic rings. The topological polar surface area (TPSA) is 58.2 Å². The Kier molecular flexibility index (Phi) is 4.78. The standard InChI is InChI=1S/C14H21FN2O2S/c1-3-16-9-11-8-13(4-5-14(11)15)20(18,19)17-12-6-10(2)7-12/h4-5,8,10,12,16-17H,3,6-7,9H2,1-2H3. The molecule has 0 radical (unpaired) electrons. The zero-order valence-corrected chi connectivity index (χ0v) is 12.6. The van der Waals surface area contributed by atoms with Crippen LogP contribution >= 0.6 is 0 Å². The van der Waals surface area contributed by atoms with E-state index in [0.29, 0.717) is 24.6 Å². The average Bonchev–Trinajstić information content (AvgIpc) is 2.35. The number of nitrogens with one attached hydrogen (secondary N) is 2. The van der Waals surface area contributed by atoms with E-state index in [4.69, 9.17) is 0 Å². The molecule has 0 unspecified atom stereocenters. The van der Waals surface area contributed by atoms with Crippen LogP contribution in [0.15, 0.2) is 23.1 Å². The molecule has 1 aromatic carbocycles. The zero-order valence-electron chi connectivity index (χ0n) is 11.8. The Morgan fingerprint density at radius 2 is 2.05 bits per heavy atom. The summed E-state index contributed by atoms with van der Waals surface area (Å²) in [6.45, 7) is 5.04. The molecule has 1 aliphatic carbocycles. The van der Waals surface area contributed by atoms with E-state index in [1.54, 1.807) is 0 Å². The Hall–Kier alpha value is -0.980. The van der Waals surface area contributed by atoms with Crippen LogP contribution in [0, 0.1) is 11.7 Å². The molecule has 0 saturated heterocycles. The average molecular weight is 300 g/mol. The third-order valence-corrected chi connectivity index (χ3v) is 5.11. The van der Waals surface area contributed by atoms with Gasteiger partial charge in [-0.05, 0) is 43.5 Å². The largest absolute Gasteiger partial charge is 0.313 e. The lowest BCUT2D eigenvalue weighted by molar-refractivity contribution is 0.270. The van der Waals surface area contributed by atoms with Crippen molar-refractivity contribution in [3.05, 3.63) is 29.6 Å². The van der Waals surface area contributed by atoms with Gasteiger partial charge in [-0.15, -0.1) is 0 Å². The number of sulfonamides is 1. The minimum absolute atomic E-state index is 0.0114. The highest BCUT2D eigenvalue weighted by Gasteiger charge is 2.30. The molecule has 1 fully saturated rings. The summed E-state index contributed by atoms with van der Waals surface area (Å²) in [4.78, 5) is 0.131. The number of benzene rings is 1. The van der Waals surface area contributed by atoms with Crippen LogP contribution in [0.25, 0.3) is 0 Å². The van der Waals surface area contributed by atoms with E-state index in [2.05, 4.69) is 17.0 Å². The zero-order chi connectivity index (χ0) is 14.8. The molecule has 0 heterocycles. The van der Waals surface area contributed by atoms with Gasteiger partial charge in [0, 0.05) is 18.2 Å². The third-order valence-electron chi connectivity index (χ3n) is 3.59. The second-order valence-electron chi connectivity index (χ2n) is 5.43. The van der Waals surface area contributed by atoms with E-state index in [1.165, 1.54) is 18.2 Å². The maximum atomic E-state index is 13.6. The Morgan fingerprint density at radius 3 is 2.65 bits per heavy atom. The highest BCUT2D eigenvalue weighted by Crippen LogP contribution is 2.28. The first-order chi connectivity index (χ1) is 9.42. The predicted octanol–water partition coefficient (Wildman–Crippen LogP) is 2.01. The van der Waals surface area contributed by atoms with Gasteiger partial charge in [0.25, 0.3) is 0 Å². The molecule has 0 bridgehead atoms. The van der Waals surface area contributed by atoms with Gasteiger partial charge in [-0.25, -0.2) is 17.5 Å². The number of hydrogen-bond acceptors (Lipinski definition) is 3. The van der Waals surface area contributed by atoms with Gasteiger partial charge >= 0.3 is 0 Å². The van der Waals surface area contributed by atoms with Gasteiger partial charge in [-0.1, -0.05) is 13.8 Å². The molecule has 0 atom stereocenters. The van der Waals surface area contributed by atoms with Crippen molar-refractivity contribution in [2.45, 2.75) is 44.2 Å². The van der Waals surface area contributed by atoms with E-state index >= 15 is 0 Å². The first-order valence-corrected chi connectivity index (χ1v) is 8.42. The highest BCUT2D eigenvalue weighted by atomic mass is 32.2. The van der Waals surface area contributed by atoms with E-state index in [-0.39, 0.29) is 16.8 Å². The van der Waals surface area contributed by atoms with Crippen molar-refractivity contribution in [1.82, 2.24) is 10.0 Å². The van der Waals surface area contributed by atoms with Gasteiger partial charge in [-0.3, -0.25) is 0 Å². The second-order valence-corrected chi connectivity index (χ2v) is 7.14. The van der Waals surface area contributed by atoms with Crippen molar-refractivity contribution in [3.8, 4) is 0 Å². The summed E-state index contributed by atoms with van der Waals surface area (Å²) < 4.78 is 40.7. The van der Waals surface area contributed by atoms with Gasteiger partial charge < -0.3 is 5.32 Å². The summed E-state index contributed by atoms with van der Waals surface area (Å²) in [5, 5.41) is 3.00. The molecule has 0 spiro atoms. The fraction of sp³-hybridized carbons (Fsp3) is 0.571. The quantitative estimate of drug-likeness (QED) is 0.845. The summed E-state index contributed by atoms with van der Waals surface area (Å²) in [5.41, 5.74) is 0.372. The van der Waals surface area contributed by atoms with E-state index in [0.717, 1.165) is 12.8 Å². The minimum Gasteiger partial charge on any atom is -0.313 e. The SMILES string of the molecule is CCNCc1cc(S(=O)(=O)NC2CC(C)C2)ccc1F. The van der Waals surface area contributed by atoms with Crippen LogP contribution in [0.1, 0.15) is 32.3 Å². The molecular formula is C14H21FN2O2S. The highest BCUT2D eigenvalue weighted by molar-refractivity contribution is 7.89. The van der Waals surface area contributed by atoms with Gasteiger partial charge in [0.1, 0.15) is 5.82 Å². The van der Waals surface area contributed by atoms with E-state index in [1.807, 2.05) is 6.92 Å². The van der Waals surface area contributed by atoms with Gasteiger partial charge in [0.15, 0.2) is 0 Å². The number of rotatable bonds is 6. The molecule has 0 aliphatic heterocycles. The summed E-state index contributed by atoms with van der Waals surface area (Å²) in [5.74, 6) is 0.183. The fourth-order valence-electron chi connectivity index (χ4n) is 2.40. The molecule has 0 aromatic heterocycles. The minimum atomic E-state index is -3.55. The Balaban J connectivity index is 2.14. The maximum Gasteiger partial charge on any atom is 0.240 e. The van der Waals surface area contributed by atoms with Crippen molar-refractivity contribution >= 4 is 10.0 Å². The molecule has 2 rings (SSSR count). The van der Waals surface area contributed by atoms with Gasteiger partial charge in [-0.2, -0.15) is 0 Å². The van der Waals surface area contributed by atoms with Crippen LogP contribution in [-0.2, 0) is 16.6 Å². The Labute approximate surface area is 119 Å². The Bertz CT molecular complexity index is 569. The van der Waals surface area contributed by atoms with Crippen molar-refractivity contribution in [2.24, 2.45) is 5.92 Å². The van der Waals surface area contributed by atoms with Crippen LogP contribution in [0.3, 0.4) is 0 Å². The number of hydrogen-bond donors (Lipinski definition) is 2. The predicted molar refractivity (Wildman–Crippen MR) is 76.3 cm³/mol. The van der Waals surface area contributed by atoms with E-state index < -0.39 is 10.0 Å². The lowest BCUT2D eigenvalue weighted by Crippen LogP contribution is -2.43. The Morgan fingerprint density at radius 1 is 1.35 bits per heavy atom. The fourth-order valence-corrected chi connectivity index (χ4v) is 3.71. The van der Waals surface area contributed by atoms with Crippen molar-refractivity contribution in [3.63, 3.8) is 0 Å². The smallest absolute Gasteiger partial charge is 0.240 e. The summed E-state index contributed by atoms with van der Waals surface area (Å²) in [6.07, 6.45) is 1.73. The van der Waals surface area contributed by atoms with Crippen LogP contribution in [-0.4, -0.2) is 21.0 Å². The van der Waals surface area contributed by atoms with E-state index in [9.17, 15) is 12.8 Å². The summed E-state index contributed by atoms with van der Waals surface area (Å²) >= 11 is 0. The van der Waals surface area contributed by atoms with Crippen molar-refractivity contribution in [2.75, 3.05) is 6.54 Å². The van der Waals surface area contributed by atoms with Crippen LogP contribution < -0.4 is 10.0 Å². The van der Waals surface area contributed by atoms with Crippen LogP contribution in [0.4, 0.5) is 4.39 Å². The molecule has 0 amide bonds. The molecule has 4 nitrogen and oxygen atoms in total. The molecule has 1 aliphatic rings.